The van der Waals surface area contributed by atoms with Crippen LogP contribution < -0.4 is 15.8 Å². The lowest BCUT2D eigenvalue weighted by Gasteiger charge is -2.14. The predicted molar refractivity (Wildman–Crippen MR) is 114 cm³/mol. The van der Waals surface area contributed by atoms with Crippen molar-refractivity contribution in [3.05, 3.63) is 69.5 Å². The SMILES string of the molecule is Nc1cc(CC2CC2)cc(Oc2c(Cl)ccc(CNC(=O)c3nc[nH]c3Cl)c2F)c1. The number of ether oxygens (including phenoxy) is 1. The molecule has 9 heteroatoms. The van der Waals surface area contributed by atoms with Gasteiger partial charge in [-0.15, -0.1) is 0 Å². The van der Waals surface area contributed by atoms with E-state index in [0.29, 0.717) is 17.4 Å². The molecule has 1 heterocycles. The Morgan fingerprint density at radius 1 is 1.30 bits per heavy atom. The lowest BCUT2D eigenvalue weighted by Crippen LogP contribution is -2.24. The minimum atomic E-state index is -0.665. The molecule has 0 saturated heterocycles. The third-order valence-corrected chi connectivity index (χ3v) is 5.39. The summed E-state index contributed by atoms with van der Waals surface area (Å²) in [6.07, 6.45) is 4.64. The second kappa shape index (κ2) is 8.53. The normalized spacial score (nSPS) is 13.3. The third-order valence-electron chi connectivity index (χ3n) is 4.81. The number of hydrogen-bond acceptors (Lipinski definition) is 4. The van der Waals surface area contributed by atoms with E-state index in [9.17, 15) is 4.79 Å². The van der Waals surface area contributed by atoms with Gasteiger partial charge in [-0.3, -0.25) is 4.79 Å². The summed E-state index contributed by atoms with van der Waals surface area (Å²) < 4.78 is 20.8. The average Bonchev–Trinajstić information content (AvgIpc) is 3.40. The minimum Gasteiger partial charge on any atom is -0.453 e. The minimum absolute atomic E-state index is 0.0328. The van der Waals surface area contributed by atoms with Gasteiger partial charge in [-0.1, -0.05) is 29.3 Å². The van der Waals surface area contributed by atoms with Crippen LogP contribution in [0.3, 0.4) is 0 Å². The molecule has 0 unspecified atom stereocenters. The number of H-pyrrole nitrogens is 1. The summed E-state index contributed by atoms with van der Waals surface area (Å²) in [5.74, 6) is -0.226. The number of rotatable bonds is 7. The fourth-order valence-electron chi connectivity index (χ4n) is 3.14. The van der Waals surface area contributed by atoms with Crippen molar-refractivity contribution in [2.75, 3.05) is 5.73 Å². The smallest absolute Gasteiger partial charge is 0.273 e. The van der Waals surface area contributed by atoms with Gasteiger partial charge in [0, 0.05) is 23.9 Å². The van der Waals surface area contributed by atoms with Crippen molar-refractivity contribution in [3.63, 3.8) is 0 Å². The first-order valence-corrected chi connectivity index (χ1v) is 10.2. The highest BCUT2D eigenvalue weighted by atomic mass is 35.5. The van der Waals surface area contributed by atoms with Crippen LogP contribution in [0.25, 0.3) is 0 Å². The second-order valence-corrected chi connectivity index (χ2v) is 8.04. The number of nitrogens with zero attached hydrogens (tertiary/aromatic N) is 1. The van der Waals surface area contributed by atoms with Gasteiger partial charge in [-0.25, -0.2) is 9.37 Å². The summed E-state index contributed by atoms with van der Waals surface area (Å²) in [5, 5.41) is 2.80. The first-order valence-electron chi connectivity index (χ1n) is 9.42. The van der Waals surface area contributed by atoms with Crippen LogP contribution >= 0.6 is 23.2 Å². The highest BCUT2D eigenvalue weighted by Crippen LogP contribution is 2.37. The van der Waals surface area contributed by atoms with Gasteiger partial charge in [0.25, 0.3) is 5.91 Å². The van der Waals surface area contributed by atoms with Gasteiger partial charge >= 0.3 is 0 Å². The summed E-state index contributed by atoms with van der Waals surface area (Å²) in [6.45, 7) is -0.0920. The Bertz CT molecular complexity index is 1100. The van der Waals surface area contributed by atoms with E-state index in [2.05, 4.69) is 15.3 Å². The lowest BCUT2D eigenvalue weighted by molar-refractivity contribution is 0.0946. The van der Waals surface area contributed by atoms with E-state index in [1.54, 1.807) is 6.07 Å². The topological polar surface area (TPSA) is 93.0 Å². The molecule has 0 bridgehead atoms. The highest BCUT2D eigenvalue weighted by Gasteiger charge is 2.22. The van der Waals surface area contributed by atoms with Crippen LogP contribution in [0.2, 0.25) is 10.2 Å². The van der Waals surface area contributed by atoms with Crippen LogP contribution in [-0.2, 0) is 13.0 Å². The third kappa shape index (κ3) is 4.68. The zero-order valence-electron chi connectivity index (χ0n) is 15.8. The molecule has 0 radical (unpaired) electrons. The number of amides is 1. The van der Waals surface area contributed by atoms with Crippen molar-refractivity contribution in [2.24, 2.45) is 5.92 Å². The molecule has 4 rings (SSSR count). The molecule has 3 aromatic rings. The molecule has 156 valence electrons. The van der Waals surface area contributed by atoms with Crippen LogP contribution in [0.1, 0.15) is 34.5 Å². The number of imidazole rings is 1. The van der Waals surface area contributed by atoms with Gasteiger partial charge in [-0.2, -0.15) is 0 Å². The Hall–Kier alpha value is -2.77. The maximum absolute atomic E-state index is 15.1. The molecule has 30 heavy (non-hydrogen) atoms. The van der Waals surface area contributed by atoms with Crippen molar-refractivity contribution in [1.82, 2.24) is 15.3 Å². The Kier molecular flexibility index (Phi) is 5.83. The van der Waals surface area contributed by atoms with Crippen molar-refractivity contribution in [2.45, 2.75) is 25.8 Å². The quantitative estimate of drug-likeness (QED) is 0.437. The maximum atomic E-state index is 15.1. The molecule has 0 spiro atoms. The van der Waals surface area contributed by atoms with E-state index in [4.69, 9.17) is 33.7 Å². The number of nitrogens with two attached hydrogens (primary N) is 1. The first kappa shape index (κ1) is 20.5. The second-order valence-electron chi connectivity index (χ2n) is 7.26. The number of hydrogen-bond donors (Lipinski definition) is 3. The van der Waals surface area contributed by atoms with E-state index >= 15 is 4.39 Å². The Morgan fingerprint density at radius 3 is 2.80 bits per heavy atom. The van der Waals surface area contributed by atoms with E-state index in [0.717, 1.165) is 12.0 Å². The molecule has 1 aliphatic carbocycles. The van der Waals surface area contributed by atoms with Gasteiger partial charge in [-0.05, 0) is 48.9 Å². The zero-order chi connectivity index (χ0) is 21.3. The number of nitrogens with one attached hydrogen (secondary N) is 2. The number of aromatic nitrogens is 2. The zero-order valence-corrected chi connectivity index (χ0v) is 17.4. The molecule has 1 aliphatic rings. The number of carbonyl (C=O) groups excluding carboxylic acids is 1. The van der Waals surface area contributed by atoms with Crippen LogP contribution in [0, 0.1) is 11.7 Å². The summed E-state index contributed by atoms with van der Waals surface area (Å²) in [4.78, 5) is 18.6. The fourth-order valence-corrected chi connectivity index (χ4v) is 3.50. The van der Waals surface area contributed by atoms with Crippen molar-refractivity contribution >= 4 is 34.8 Å². The molecule has 4 N–H and O–H groups in total. The Labute approximate surface area is 182 Å². The summed E-state index contributed by atoms with van der Waals surface area (Å²) >= 11 is 12.0. The molecular weight excluding hydrogens is 430 g/mol. The van der Waals surface area contributed by atoms with Gasteiger partial charge in [0.05, 0.1) is 11.3 Å². The van der Waals surface area contributed by atoms with Crippen molar-refractivity contribution in [3.8, 4) is 11.5 Å². The van der Waals surface area contributed by atoms with Crippen molar-refractivity contribution in [1.29, 1.82) is 0 Å². The highest BCUT2D eigenvalue weighted by molar-refractivity contribution is 6.32. The molecule has 1 fully saturated rings. The first-order chi connectivity index (χ1) is 14.4. The average molecular weight is 449 g/mol. The van der Waals surface area contributed by atoms with Crippen LogP contribution in [0.4, 0.5) is 10.1 Å². The monoisotopic (exact) mass is 448 g/mol. The van der Waals surface area contributed by atoms with Crippen LogP contribution in [-0.4, -0.2) is 15.9 Å². The standard InChI is InChI=1S/C21H19Cl2FN4O2/c22-16-4-3-13(9-26-21(29)18-20(23)28-10-27-18)17(24)19(16)30-15-7-12(5-11-1-2-11)6-14(25)8-15/h3-4,6-8,10-11H,1-2,5,9,25H2,(H,26,29)(H,27,28). The largest absolute Gasteiger partial charge is 0.453 e. The maximum Gasteiger partial charge on any atom is 0.273 e. The Balaban J connectivity index is 1.52. The number of carbonyl (C=O) groups is 1. The van der Waals surface area contributed by atoms with E-state index in [1.807, 2.05) is 12.1 Å². The molecule has 1 aromatic heterocycles. The van der Waals surface area contributed by atoms with Gasteiger partial charge in [0.2, 0.25) is 0 Å². The van der Waals surface area contributed by atoms with Crippen LogP contribution in [0.15, 0.2) is 36.7 Å². The molecule has 0 atom stereocenters. The number of aromatic amines is 1. The number of anilines is 1. The Morgan fingerprint density at radius 2 is 2.10 bits per heavy atom. The number of benzene rings is 2. The predicted octanol–water partition coefficient (Wildman–Crippen LogP) is 5.11. The van der Waals surface area contributed by atoms with E-state index in [-0.39, 0.29) is 33.7 Å². The van der Waals surface area contributed by atoms with Gasteiger partial charge < -0.3 is 20.8 Å². The molecule has 1 amide bonds. The van der Waals surface area contributed by atoms with Crippen molar-refractivity contribution < 1.29 is 13.9 Å². The fraction of sp³-hybridized carbons (Fsp3) is 0.238. The van der Waals surface area contributed by atoms with E-state index in [1.165, 1.54) is 31.3 Å². The summed E-state index contributed by atoms with van der Waals surface area (Å²) in [7, 11) is 0. The molecule has 1 saturated carbocycles. The molecular formula is C21H19Cl2FN4O2. The van der Waals surface area contributed by atoms with Gasteiger partial charge in [0.1, 0.15) is 10.9 Å². The van der Waals surface area contributed by atoms with E-state index < -0.39 is 11.7 Å². The van der Waals surface area contributed by atoms with Crippen LogP contribution in [0.5, 0.6) is 11.5 Å². The van der Waals surface area contributed by atoms with Gasteiger partial charge in [0.15, 0.2) is 17.3 Å². The summed E-state index contributed by atoms with van der Waals surface area (Å²) in [6, 6.07) is 8.36. The molecule has 0 aliphatic heterocycles. The lowest BCUT2D eigenvalue weighted by atomic mass is 10.1. The summed E-state index contributed by atoms with van der Waals surface area (Å²) in [5.41, 5.74) is 7.80. The number of nitrogen functional groups attached to an aromatic ring is 1. The number of halogens is 3. The molecule has 6 nitrogen and oxygen atoms in total. The molecule has 2 aromatic carbocycles.